The third kappa shape index (κ3) is 4.55. The van der Waals surface area contributed by atoms with Crippen molar-refractivity contribution in [3.63, 3.8) is 0 Å². The zero-order chi connectivity index (χ0) is 27.8. The standard InChI is InChI=1S/C31H24N6O2S/c1-19(35-30(38)27-20(2)34-18-36-15-14-32-29(27)36)26-16-23-9-7-8-22(12-13-25-17-33-21(3)40-25)28(23)31(39)37(26)24-10-5-4-6-11-24/h4-11,14-19H,1-3H3,(H,35,38)/t19-/m0/s1. The number of carbonyl (C=O) groups is 1. The Morgan fingerprint density at radius 2 is 1.85 bits per heavy atom. The molecule has 9 heteroatoms. The predicted octanol–water partition coefficient (Wildman–Crippen LogP) is 5.00. The maximum Gasteiger partial charge on any atom is 0.264 e. The molecule has 0 saturated heterocycles. The van der Waals surface area contributed by atoms with E-state index in [2.05, 4.69) is 32.1 Å². The molecule has 196 valence electrons. The second-order valence-electron chi connectivity index (χ2n) is 9.37. The first-order valence-corrected chi connectivity index (χ1v) is 13.5. The number of fused-ring (bicyclic) bond motifs is 2. The van der Waals surface area contributed by atoms with Crippen molar-refractivity contribution >= 4 is 33.7 Å². The molecule has 0 bridgehead atoms. The van der Waals surface area contributed by atoms with Gasteiger partial charge in [-0.3, -0.25) is 18.6 Å². The molecule has 0 unspecified atom stereocenters. The number of benzene rings is 2. The molecule has 8 nitrogen and oxygen atoms in total. The normalized spacial score (nSPS) is 11.8. The SMILES string of the molecule is Cc1ncc(C#Cc2cccc3cc([C@H](C)NC(=O)c4c(C)ncn5ccnc45)n(-c4ccccc4)c(=O)c23)s1. The third-order valence-corrected chi connectivity index (χ3v) is 7.51. The lowest BCUT2D eigenvalue weighted by Gasteiger charge is -2.21. The van der Waals surface area contributed by atoms with Crippen molar-refractivity contribution in [1.29, 1.82) is 0 Å². The van der Waals surface area contributed by atoms with E-state index in [1.165, 1.54) is 11.3 Å². The van der Waals surface area contributed by atoms with Gasteiger partial charge in [-0.15, -0.1) is 11.3 Å². The minimum Gasteiger partial charge on any atom is -0.344 e. The molecular formula is C31H24N6O2S. The third-order valence-electron chi connectivity index (χ3n) is 6.68. The molecule has 4 heterocycles. The van der Waals surface area contributed by atoms with Crippen LogP contribution >= 0.6 is 11.3 Å². The number of carbonyl (C=O) groups excluding carboxylic acids is 1. The van der Waals surface area contributed by atoms with Crippen molar-refractivity contribution < 1.29 is 4.79 Å². The van der Waals surface area contributed by atoms with Gasteiger partial charge in [0.05, 0.1) is 33.2 Å². The van der Waals surface area contributed by atoms with E-state index in [4.69, 9.17) is 0 Å². The lowest BCUT2D eigenvalue weighted by Crippen LogP contribution is -2.33. The van der Waals surface area contributed by atoms with Crippen molar-refractivity contribution in [3.8, 4) is 17.5 Å². The van der Waals surface area contributed by atoms with Crippen LogP contribution in [0.25, 0.3) is 22.1 Å². The molecule has 1 atom stereocenters. The Hall–Kier alpha value is -5.07. The summed E-state index contributed by atoms with van der Waals surface area (Å²) in [5, 5.41) is 5.27. The molecule has 6 aromatic rings. The molecule has 4 aromatic heterocycles. The Labute approximate surface area is 234 Å². The van der Waals surface area contributed by atoms with Crippen LogP contribution in [0.5, 0.6) is 0 Å². The predicted molar refractivity (Wildman–Crippen MR) is 156 cm³/mol. The molecule has 0 radical (unpaired) electrons. The van der Waals surface area contributed by atoms with Gasteiger partial charge in [0.2, 0.25) is 0 Å². The first kappa shape index (κ1) is 25.2. The zero-order valence-corrected chi connectivity index (χ0v) is 22.9. The highest BCUT2D eigenvalue weighted by Crippen LogP contribution is 2.24. The van der Waals surface area contributed by atoms with Gasteiger partial charge in [0.15, 0.2) is 5.65 Å². The van der Waals surface area contributed by atoms with E-state index in [1.807, 2.05) is 68.4 Å². The average Bonchev–Trinajstić information content (AvgIpc) is 3.60. The molecular weight excluding hydrogens is 520 g/mol. The van der Waals surface area contributed by atoms with E-state index in [9.17, 15) is 9.59 Å². The molecule has 0 spiro atoms. The van der Waals surface area contributed by atoms with Crippen LogP contribution in [0.1, 0.15) is 50.2 Å². The highest BCUT2D eigenvalue weighted by atomic mass is 32.1. The molecule has 6 rings (SSSR count). The smallest absolute Gasteiger partial charge is 0.264 e. The van der Waals surface area contributed by atoms with Crippen molar-refractivity contribution in [3.05, 3.63) is 122 Å². The highest BCUT2D eigenvalue weighted by Gasteiger charge is 2.22. The molecule has 0 aliphatic carbocycles. The van der Waals surface area contributed by atoms with E-state index in [0.717, 1.165) is 15.3 Å². The summed E-state index contributed by atoms with van der Waals surface area (Å²) < 4.78 is 3.36. The van der Waals surface area contributed by atoms with Gasteiger partial charge < -0.3 is 5.32 Å². The summed E-state index contributed by atoms with van der Waals surface area (Å²) in [4.78, 5) is 41.5. The quantitative estimate of drug-likeness (QED) is 0.315. The van der Waals surface area contributed by atoms with Gasteiger partial charge in [-0.1, -0.05) is 36.3 Å². The minimum atomic E-state index is -0.519. The molecule has 40 heavy (non-hydrogen) atoms. The summed E-state index contributed by atoms with van der Waals surface area (Å²) in [5.74, 6) is 6.01. The fourth-order valence-corrected chi connectivity index (χ4v) is 5.41. The largest absolute Gasteiger partial charge is 0.344 e. The van der Waals surface area contributed by atoms with E-state index < -0.39 is 6.04 Å². The van der Waals surface area contributed by atoms with Crippen LogP contribution in [0.3, 0.4) is 0 Å². The van der Waals surface area contributed by atoms with Gasteiger partial charge in [0.25, 0.3) is 11.5 Å². The highest BCUT2D eigenvalue weighted by molar-refractivity contribution is 7.12. The molecule has 2 aromatic carbocycles. The Kier molecular flexibility index (Phi) is 6.46. The average molecular weight is 545 g/mol. The number of amides is 1. The number of imidazole rings is 1. The van der Waals surface area contributed by atoms with Crippen molar-refractivity contribution in [1.82, 2.24) is 29.2 Å². The maximum absolute atomic E-state index is 14.2. The van der Waals surface area contributed by atoms with Crippen LogP contribution in [0.15, 0.2) is 84.3 Å². The Morgan fingerprint density at radius 1 is 1.02 bits per heavy atom. The number of aromatic nitrogens is 5. The van der Waals surface area contributed by atoms with E-state index in [-0.39, 0.29) is 11.5 Å². The molecule has 1 amide bonds. The van der Waals surface area contributed by atoms with Gasteiger partial charge in [0, 0.05) is 29.3 Å². The summed E-state index contributed by atoms with van der Waals surface area (Å²) in [6, 6.07) is 16.5. The number of para-hydroxylation sites is 1. The van der Waals surface area contributed by atoms with Gasteiger partial charge in [-0.2, -0.15) is 0 Å². The lowest BCUT2D eigenvalue weighted by molar-refractivity contribution is 0.0938. The van der Waals surface area contributed by atoms with Gasteiger partial charge in [-0.25, -0.2) is 15.0 Å². The Morgan fingerprint density at radius 3 is 2.62 bits per heavy atom. The van der Waals surface area contributed by atoms with Gasteiger partial charge >= 0.3 is 0 Å². The number of hydrogen-bond donors (Lipinski definition) is 1. The number of nitrogens with one attached hydrogen (secondary N) is 1. The molecule has 1 N–H and O–H groups in total. The monoisotopic (exact) mass is 544 g/mol. The number of rotatable bonds is 4. The second-order valence-corrected chi connectivity index (χ2v) is 10.6. The fourth-order valence-electron chi connectivity index (χ4n) is 4.78. The summed E-state index contributed by atoms with van der Waals surface area (Å²) in [7, 11) is 0. The van der Waals surface area contributed by atoms with Gasteiger partial charge in [-0.05, 0) is 56.3 Å². The first-order chi connectivity index (χ1) is 19.4. The van der Waals surface area contributed by atoms with Crippen molar-refractivity contribution in [2.24, 2.45) is 0 Å². The van der Waals surface area contributed by atoms with Crippen LogP contribution in [0.2, 0.25) is 0 Å². The van der Waals surface area contributed by atoms with Crippen molar-refractivity contribution in [2.75, 3.05) is 0 Å². The summed E-state index contributed by atoms with van der Waals surface area (Å²) in [5.41, 5.74) is 3.25. The van der Waals surface area contributed by atoms with Crippen LogP contribution in [0.4, 0.5) is 0 Å². The fraction of sp³-hybridized carbons (Fsp3) is 0.129. The minimum absolute atomic E-state index is 0.210. The second kappa shape index (κ2) is 10.2. The first-order valence-electron chi connectivity index (χ1n) is 12.7. The number of nitrogens with zero attached hydrogens (tertiary/aromatic N) is 5. The number of pyridine rings is 1. The number of thiazole rings is 1. The molecule has 0 saturated carbocycles. The van der Waals surface area contributed by atoms with Crippen LogP contribution in [-0.4, -0.2) is 29.8 Å². The zero-order valence-electron chi connectivity index (χ0n) is 22.0. The molecule has 0 aliphatic rings. The van der Waals surface area contributed by atoms with E-state index >= 15 is 0 Å². The number of hydrogen-bond acceptors (Lipinski definition) is 6. The van der Waals surface area contributed by atoms with E-state index in [0.29, 0.717) is 39.2 Å². The number of aryl methyl sites for hydroxylation is 2. The van der Waals surface area contributed by atoms with E-state index in [1.54, 1.807) is 40.8 Å². The summed E-state index contributed by atoms with van der Waals surface area (Å²) >= 11 is 1.51. The summed E-state index contributed by atoms with van der Waals surface area (Å²) in [6.07, 6.45) is 6.74. The Bertz CT molecular complexity index is 2030. The summed E-state index contributed by atoms with van der Waals surface area (Å²) in [6.45, 7) is 5.57. The van der Waals surface area contributed by atoms with Crippen LogP contribution in [0, 0.1) is 25.7 Å². The molecule has 0 aliphatic heterocycles. The topological polar surface area (TPSA) is 94.2 Å². The Balaban J connectivity index is 1.48. The van der Waals surface area contributed by atoms with Crippen LogP contribution < -0.4 is 10.9 Å². The maximum atomic E-state index is 14.2. The van der Waals surface area contributed by atoms with Crippen LogP contribution in [-0.2, 0) is 0 Å². The van der Waals surface area contributed by atoms with Crippen molar-refractivity contribution in [2.45, 2.75) is 26.8 Å². The lowest BCUT2D eigenvalue weighted by atomic mass is 10.0. The molecule has 0 fully saturated rings. The van der Waals surface area contributed by atoms with Gasteiger partial charge in [0.1, 0.15) is 11.9 Å².